The second kappa shape index (κ2) is 7.33. The molecule has 0 aliphatic carbocycles. The maximum atomic E-state index is 9.29. The molecule has 8 nitrogen and oxygen atoms in total. The molecule has 11 heavy (non-hydrogen) atoms. The fraction of sp³-hybridized carbons (Fsp3) is 0. The van der Waals surface area contributed by atoms with Gasteiger partial charge in [-0.2, -0.15) is 0 Å². The van der Waals surface area contributed by atoms with Crippen molar-refractivity contribution in [2.75, 3.05) is 0 Å². The average molecular weight is 176 g/mol. The van der Waals surface area contributed by atoms with E-state index in [0.29, 0.717) is 0 Å². The van der Waals surface area contributed by atoms with Crippen LogP contribution in [-0.4, -0.2) is 35.4 Å². The quantitative estimate of drug-likeness (QED) is 0.194. The van der Waals surface area contributed by atoms with E-state index in [1.54, 1.807) is 0 Å². The number of carbonyl (C=O) groups is 2. The minimum atomic E-state index is -2.07. The zero-order valence-electron chi connectivity index (χ0n) is 4.97. The van der Waals surface area contributed by atoms with Crippen LogP contribution in [0.5, 0.6) is 0 Å². The standard InChI is InChI=1S/C2H2O8.Mg/c3-1(4)7-9-10-8-2(5)6;/h(H,3,4)(H,5,6);/q;+2/p-2. The summed E-state index contributed by atoms with van der Waals surface area (Å²) in [5, 5.41) is 24.8. The molecule has 0 aromatic heterocycles. The molecule has 0 aliphatic rings. The summed E-state index contributed by atoms with van der Waals surface area (Å²) in [5.74, 6) is 0. The third kappa shape index (κ3) is 12.4. The van der Waals surface area contributed by atoms with Crippen molar-refractivity contribution < 1.29 is 39.7 Å². The third-order valence-corrected chi connectivity index (χ3v) is 0.232. The van der Waals surface area contributed by atoms with Crippen LogP contribution in [-0.2, 0) is 19.9 Å². The van der Waals surface area contributed by atoms with Crippen LogP contribution in [0.3, 0.4) is 0 Å². The summed E-state index contributed by atoms with van der Waals surface area (Å²) in [4.78, 5) is 24.7. The Morgan fingerprint density at radius 3 is 1.36 bits per heavy atom. The molecule has 0 bridgehead atoms. The Bertz CT molecular complexity index is 116. The zero-order valence-corrected chi connectivity index (χ0v) is 6.39. The van der Waals surface area contributed by atoms with Crippen LogP contribution in [0.25, 0.3) is 0 Å². The first-order chi connectivity index (χ1) is 4.63. The molecule has 0 rings (SSSR count). The van der Waals surface area contributed by atoms with Gasteiger partial charge in [-0.15, -0.1) is 0 Å². The van der Waals surface area contributed by atoms with Crippen molar-refractivity contribution in [2.24, 2.45) is 0 Å². The Balaban J connectivity index is 0. The van der Waals surface area contributed by atoms with Gasteiger partial charge in [0.05, 0.1) is 0 Å². The number of carboxylic acid groups (broad SMARTS) is 2. The van der Waals surface area contributed by atoms with Crippen LogP contribution < -0.4 is 10.2 Å². The zero-order chi connectivity index (χ0) is 7.98. The van der Waals surface area contributed by atoms with Gasteiger partial charge in [-0.25, -0.2) is 0 Å². The van der Waals surface area contributed by atoms with Gasteiger partial charge in [0, 0.05) is 0 Å². The minimum absolute atomic E-state index is 0. The Morgan fingerprint density at radius 1 is 0.909 bits per heavy atom. The van der Waals surface area contributed by atoms with E-state index in [0.717, 1.165) is 0 Å². The predicted molar refractivity (Wildman–Crippen MR) is 20.9 cm³/mol. The maximum Gasteiger partial charge on any atom is 2.00 e. The SMILES string of the molecule is O=C([O-])OOOOC(=O)[O-].[Mg+2]. The van der Waals surface area contributed by atoms with E-state index in [9.17, 15) is 19.8 Å². The normalized spacial score (nSPS) is 7.64. The molecule has 0 atom stereocenters. The van der Waals surface area contributed by atoms with E-state index in [4.69, 9.17) is 0 Å². The van der Waals surface area contributed by atoms with Crippen LogP contribution >= 0.6 is 0 Å². The molecule has 0 spiro atoms. The van der Waals surface area contributed by atoms with Crippen molar-refractivity contribution in [3.8, 4) is 0 Å². The van der Waals surface area contributed by atoms with Gasteiger partial charge in [0.1, 0.15) is 0 Å². The topological polar surface area (TPSA) is 117 Å². The van der Waals surface area contributed by atoms with E-state index in [2.05, 4.69) is 19.9 Å². The summed E-state index contributed by atoms with van der Waals surface area (Å²) >= 11 is 0. The second-order valence-corrected chi connectivity index (χ2v) is 0.803. The summed E-state index contributed by atoms with van der Waals surface area (Å²) < 4.78 is 0. The van der Waals surface area contributed by atoms with Gasteiger partial charge < -0.3 is 29.6 Å². The Labute approximate surface area is 75.5 Å². The van der Waals surface area contributed by atoms with Gasteiger partial charge >= 0.3 is 23.1 Å². The fourth-order valence-corrected chi connectivity index (χ4v) is 0.0833. The van der Waals surface area contributed by atoms with Crippen LogP contribution in [0.15, 0.2) is 0 Å². The van der Waals surface area contributed by atoms with Crippen LogP contribution in [0.1, 0.15) is 0 Å². The minimum Gasteiger partial charge on any atom is -0.424 e. The van der Waals surface area contributed by atoms with Crippen molar-refractivity contribution in [3.63, 3.8) is 0 Å². The number of hydrogen-bond donors (Lipinski definition) is 0. The van der Waals surface area contributed by atoms with Crippen molar-refractivity contribution in [1.29, 1.82) is 0 Å². The summed E-state index contributed by atoms with van der Waals surface area (Å²) in [6.45, 7) is 0. The molecular formula is C2MgO8. The molecule has 0 saturated carbocycles. The predicted octanol–water partition coefficient (Wildman–Crippen LogP) is -2.90. The number of hydrogen-bond acceptors (Lipinski definition) is 8. The summed E-state index contributed by atoms with van der Waals surface area (Å²) in [7, 11) is 0. The van der Waals surface area contributed by atoms with Gasteiger partial charge in [-0.1, -0.05) is 10.1 Å². The molecule has 9 heteroatoms. The van der Waals surface area contributed by atoms with Crippen LogP contribution in [0.2, 0.25) is 0 Å². The molecule has 0 amide bonds. The van der Waals surface area contributed by atoms with Gasteiger partial charge in [0.15, 0.2) is 0 Å². The molecule has 0 heterocycles. The molecule has 0 aromatic rings. The molecule has 0 saturated heterocycles. The Kier molecular flexibility index (Phi) is 8.58. The number of carbonyl (C=O) groups excluding carboxylic acids is 2. The molecular weight excluding hydrogens is 176 g/mol. The van der Waals surface area contributed by atoms with Crippen molar-refractivity contribution in [1.82, 2.24) is 0 Å². The van der Waals surface area contributed by atoms with E-state index in [1.165, 1.54) is 0 Å². The van der Waals surface area contributed by atoms with Gasteiger partial charge in [0.25, 0.3) is 12.3 Å². The molecule has 0 N–H and O–H groups in total. The molecule has 0 aliphatic heterocycles. The van der Waals surface area contributed by atoms with Crippen LogP contribution in [0, 0.1) is 0 Å². The van der Waals surface area contributed by atoms with E-state index in [1.807, 2.05) is 0 Å². The maximum absolute atomic E-state index is 9.29. The van der Waals surface area contributed by atoms with Gasteiger partial charge in [-0.05, 0) is 0 Å². The number of rotatable bonds is 3. The second-order valence-electron chi connectivity index (χ2n) is 0.803. The molecule has 0 radical (unpaired) electrons. The Hall–Kier alpha value is -0.774. The third-order valence-electron chi connectivity index (χ3n) is 0.232. The molecule has 58 valence electrons. The Morgan fingerprint density at radius 2 is 1.18 bits per heavy atom. The van der Waals surface area contributed by atoms with Gasteiger partial charge in [-0.3, -0.25) is 0 Å². The molecule has 0 aromatic carbocycles. The van der Waals surface area contributed by atoms with E-state index < -0.39 is 12.3 Å². The first kappa shape index (κ1) is 12.9. The molecule has 0 unspecified atom stereocenters. The summed E-state index contributed by atoms with van der Waals surface area (Å²) in [6.07, 6.45) is -4.14. The van der Waals surface area contributed by atoms with Crippen LogP contribution in [0.4, 0.5) is 9.59 Å². The smallest absolute Gasteiger partial charge is 0.424 e. The average Bonchev–Trinajstić information content (AvgIpc) is 1.79. The van der Waals surface area contributed by atoms with Gasteiger partial charge in [0.2, 0.25) is 0 Å². The first-order valence-electron chi connectivity index (χ1n) is 1.72. The monoisotopic (exact) mass is 176 g/mol. The first-order valence-corrected chi connectivity index (χ1v) is 1.72. The largest absolute Gasteiger partial charge is 2.00 e. The van der Waals surface area contributed by atoms with Crippen molar-refractivity contribution >= 4 is 35.4 Å². The van der Waals surface area contributed by atoms with E-state index in [-0.39, 0.29) is 23.1 Å². The summed E-state index contributed by atoms with van der Waals surface area (Å²) in [5.41, 5.74) is 0. The fourth-order valence-electron chi connectivity index (χ4n) is 0.0833. The summed E-state index contributed by atoms with van der Waals surface area (Å²) in [6, 6.07) is 0. The van der Waals surface area contributed by atoms with E-state index >= 15 is 0 Å². The van der Waals surface area contributed by atoms with Crippen molar-refractivity contribution in [2.45, 2.75) is 0 Å². The molecule has 0 fully saturated rings. The van der Waals surface area contributed by atoms with Crippen molar-refractivity contribution in [3.05, 3.63) is 0 Å².